The van der Waals surface area contributed by atoms with Crippen LogP contribution in [-0.4, -0.2) is 42.0 Å². The lowest BCUT2D eigenvalue weighted by Crippen LogP contribution is -2.44. The van der Waals surface area contributed by atoms with E-state index in [2.05, 4.69) is 15.2 Å². The van der Waals surface area contributed by atoms with E-state index in [9.17, 15) is 10.1 Å². The molecule has 1 fully saturated rings. The number of anilines is 2. The van der Waals surface area contributed by atoms with Crippen molar-refractivity contribution in [3.63, 3.8) is 0 Å². The van der Waals surface area contributed by atoms with E-state index in [1.807, 2.05) is 59.5 Å². The topological polar surface area (TPSA) is 81.5 Å². The van der Waals surface area contributed by atoms with Gasteiger partial charge in [-0.05, 0) is 48.5 Å². The molecule has 7 heteroatoms. The Morgan fingerprint density at radius 2 is 1.62 bits per heavy atom. The summed E-state index contributed by atoms with van der Waals surface area (Å²) in [5, 5.41) is 12.3. The number of hydrogen-bond donors (Lipinski definition) is 1. The van der Waals surface area contributed by atoms with Crippen LogP contribution < -0.4 is 15.0 Å². The van der Waals surface area contributed by atoms with Gasteiger partial charge < -0.3 is 19.9 Å². The van der Waals surface area contributed by atoms with Gasteiger partial charge >= 0.3 is 0 Å². The van der Waals surface area contributed by atoms with E-state index < -0.39 is 5.91 Å². The van der Waals surface area contributed by atoms with Gasteiger partial charge in [-0.3, -0.25) is 4.79 Å². The number of hydrogen-bond acceptors (Lipinski definition) is 6. The van der Waals surface area contributed by atoms with Crippen molar-refractivity contribution >= 4 is 17.4 Å². The molecule has 0 atom stereocenters. The number of amides is 1. The third-order valence-electron chi connectivity index (χ3n) is 5.06. The van der Waals surface area contributed by atoms with E-state index in [1.54, 1.807) is 36.7 Å². The molecular weight excluding hydrogens is 402 g/mol. The second-order valence-electron chi connectivity index (χ2n) is 7.26. The third-order valence-corrected chi connectivity index (χ3v) is 5.06. The summed E-state index contributed by atoms with van der Waals surface area (Å²) in [6.07, 6.45) is 3.41. The van der Waals surface area contributed by atoms with Gasteiger partial charge in [0.1, 0.15) is 29.0 Å². The molecule has 1 aromatic heterocycles. The Kier molecular flexibility index (Phi) is 6.63. The molecule has 2 aromatic carbocycles. The summed E-state index contributed by atoms with van der Waals surface area (Å²) in [4.78, 5) is 21.2. The first-order valence-corrected chi connectivity index (χ1v) is 10.4. The number of carbonyl (C=O) groups is 1. The number of ether oxygens (including phenoxy) is 1. The summed E-state index contributed by atoms with van der Waals surface area (Å²) in [6.45, 7) is 2.97. The predicted octanol–water partition coefficient (Wildman–Crippen LogP) is 4.04. The molecule has 0 spiro atoms. The van der Waals surface area contributed by atoms with Crippen molar-refractivity contribution in [3.8, 4) is 17.6 Å². The highest BCUT2D eigenvalue weighted by Gasteiger charge is 2.18. The largest absolute Gasteiger partial charge is 0.457 e. The van der Waals surface area contributed by atoms with Gasteiger partial charge in [0.15, 0.2) is 0 Å². The molecule has 0 radical (unpaired) electrons. The standard InChI is InChI=1S/C25H23N5O2/c26-18-20(19-29-14-16-30(17-15-29)24-8-4-5-13-27-24)25(31)28-21-9-11-23(12-10-21)32-22-6-2-1-3-7-22/h1-13,19H,14-17H2,(H,28,31)/b20-19-. The number of piperazine rings is 1. The fourth-order valence-corrected chi connectivity index (χ4v) is 3.37. The second kappa shape index (κ2) is 10.1. The SMILES string of the molecule is N#C/C(=C/N1CCN(c2ccccn2)CC1)C(=O)Nc1ccc(Oc2ccccc2)cc1. The Hall–Kier alpha value is -4.31. The number of nitriles is 1. The maximum atomic E-state index is 12.6. The Morgan fingerprint density at radius 3 is 2.28 bits per heavy atom. The fourth-order valence-electron chi connectivity index (χ4n) is 3.37. The number of rotatable bonds is 6. The van der Waals surface area contributed by atoms with Crippen LogP contribution in [0.15, 0.2) is 90.8 Å². The zero-order chi connectivity index (χ0) is 22.2. The Morgan fingerprint density at radius 1 is 0.938 bits per heavy atom. The van der Waals surface area contributed by atoms with Crippen LogP contribution in [0.3, 0.4) is 0 Å². The lowest BCUT2D eigenvalue weighted by atomic mass is 10.2. The van der Waals surface area contributed by atoms with Gasteiger partial charge in [-0.2, -0.15) is 5.26 Å². The van der Waals surface area contributed by atoms with Crippen molar-refractivity contribution in [2.75, 3.05) is 36.4 Å². The summed E-state index contributed by atoms with van der Waals surface area (Å²) in [6, 6.07) is 24.4. The van der Waals surface area contributed by atoms with Crippen molar-refractivity contribution in [1.82, 2.24) is 9.88 Å². The number of nitrogens with zero attached hydrogens (tertiary/aromatic N) is 4. The van der Waals surface area contributed by atoms with Crippen molar-refractivity contribution in [2.24, 2.45) is 0 Å². The second-order valence-corrected chi connectivity index (χ2v) is 7.26. The van der Waals surface area contributed by atoms with Crippen LogP contribution in [-0.2, 0) is 4.79 Å². The highest BCUT2D eigenvalue weighted by molar-refractivity contribution is 6.06. The molecule has 0 saturated carbocycles. The molecular formula is C25H23N5O2. The number of para-hydroxylation sites is 1. The van der Waals surface area contributed by atoms with E-state index >= 15 is 0 Å². The summed E-state index contributed by atoms with van der Waals surface area (Å²) < 4.78 is 5.76. The summed E-state index contributed by atoms with van der Waals surface area (Å²) in [5.74, 6) is 1.91. The molecule has 7 nitrogen and oxygen atoms in total. The molecule has 3 aromatic rings. The van der Waals surface area contributed by atoms with Crippen molar-refractivity contribution in [2.45, 2.75) is 0 Å². The van der Waals surface area contributed by atoms with Crippen LogP contribution in [0.1, 0.15) is 0 Å². The molecule has 1 amide bonds. The molecule has 32 heavy (non-hydrogen) atoms. The Labute approximate surface area is 187 Å². The maximum absolute atomic E-state index is 12.6. The number of carbonyl (C=O) groups excluding carboxylic acids is 1. The first-order chi connectivity index (χ1) is 15.7. The third kappa shape index (κ3) is 5.43. The number of pyridine rings is 1. The molecule has 0 bridgehead atoms. The predicted molar refractivity (Wildman–Crippen MR) is 123 cm³/mol. The normalized spacial score (nSPS) is 13.9. The minimum atomic E-state index is -0.434. The van der Waals surface area contributed by atoms with Gasteiger partial charge in [0.05, 0.1) is 0 Å². The minimum absolute atomic E-state index is 0.0703. The maximum Gasteiger partial charge on any atom is 0.267 e. The quantitative estimate of drug-likeness (QED) is 0.474. The smallest absolute Gasteiger partial charge is 0.267 e. The zero-order valence-electron chi connectivity index (χ0n) is 17.5. The van der Waals surface area contributed by atoms with Gasteiger partial charge in [0, 0.05) is 44.3 Å². The Balaban J connectivity index is 1.33. The lowest BCUT2D eigenvalue weighted by Gasteiger charge is -2.34. The fraction of sp³-hybridized carbons (Fsp3) is 0.160. The van der Waals surface area contributed by atoms with Gasteiger partial charge in [0.25, 0.3) is 5.91 Å². The average molecular weight is 425 g/mol. The molecule has 160 valence electrons. The van der Waals surface area contributed by atoms with Crippen molar-refractivity contribution in [3.05, 3.63) is 90.8 Å². The van der Waals surface area contributed by atoms with E-state index in [1.165, 1.54) is 0 Å². The van der Waals surface area contributed by atoms with Crippen LogP contribution in [0.4, 0.5) is 11.5 Å². The van der Waals surface area contributed by atoms with Crippen molar-refractivity contribution < 1.29 is 9.53 Å². The minimum Gasteiger partial charge on any atom is -0.457 e. The monoisotopic (exact) mass is 425 g/mol. The van der Waals surface area contributed by atoms with Gasteiger partial charge in [-0.15, -0.1) is 0 Å². The highest BCUT2D eigenvalue weighted by atomic mass is 16.5. The zero-order valence-corrected chi connectivity index (χ0v) is 17.5. The molecule has 0 unspecified atom stereocenters. The first kappa shape index (κ1) is 20.9. The molecule has 1 saturated heterocycles. The molecule has 4 rings (SSSR count). The van der Waals surface area contributed by atoms with Gasteiger partial charge in [-0.1, -0.05) is 24.3 Å². The van der Waals surface area contributed by atoms with Gasteiger partial charge in [-0.25, -0.2) is 4.98 Å². The molecule has 1 aliphatic rings. The van der Waals surface area contributed by atoms with Crippen LogP contribution in [0, 0.1) is 11.3 Å². The molecule has 2 heterocycles. The van der Waals surface area contributed by atoms with E-state index in [0.29, 0.717) is 24.5 Å². The average Bonchev–Trinajstić information content (AvgIpc) is 2.85. The van der Waals surface area contributed by atoms with Crippen molar-refractivity contribution in [1.29, 1.82) is 5.26 Å². The Bertz CT molecular complexity index is 1100. The van der Waals surface area contributed by atoms with E-state index in [-0.39, 0.29) is 5.57 Å². The highest BCUT2D eigenvalue weighted by Crippen LogP contribution is 2.23. The van der Waals surface area contributed by atoms with E-state index in [4.69, 9.17) is 4.74 Å². The van der Waals surface area contributed by atoms with Crippen LogP contribution in [0.25, 0.3) is 0 Å². The van der Waals surface area contributed by atoms with Gasteiger partial charge in [0.2, 0.25) is 0 Å². The molecule has 0 aliphatic carbocycles. The lowest BCUT2D eigenvalue weighted by molar-refractivity contribution is -0.112. The number of benzene rings is 2. The molecule has 1 N–H and O–H groups in total. The van der Waals surface area contributed by atoms with E-state index in [0.717, 1.165) is 24.7 Å². The van der Waals surface area contributed by atoms with Crippen LogP contribution in [0.5, 0.6) is 11.5 Å². The summed E-state index contributed by atoms with van der Waals surface area (Å²) >= 11 is 0. The number of nitrogens with one attached hydrogen (secondary N) is 1. The molecule has 1 aliphatic heterocycles. The first-order valence-electron chi connectivity index (χ1n) is 10.4. The summed E-state index contributed by atoms with van der Waals surface area (Å²) in [7, 11) is 0. The van der Waals surface area contributed by atoms with Crippen LogP contribution in [0.2, 0.25) is 0 Å². The van der Waals surface area contributed by atoms with Crippen LogP contribution >= 0.6 is 0 Å². The summed E-state index contributed by atoms with van der Waals surface area (Å²) in [5.41, 5.74) is 0.664. The number of aromatic nitrogens is 1.